The first-order valence-corrected chi connectivity index (χ1v) is 12.6. The molecule has 0 radical (unpaired) electrons. The average Bonchev–Trinajstić information content (AvgIpc) is 2.94. The van der Waals surface area contributed by atoms with Crippen LogP contribution >= 0.6 is 0 Å². The van der Waals surface area contributed by atoms with Gasteiger partial charge in [-0.15, -0.1) is 0 Å². The number of ether oxygens (including phenoxy) is 1. The lowest BCUT2D eigenvalue weighted by Gasteiger charge is -2.31. The van der Waals surface area contributed by atoms with E-state index in [1.807, 2.05) is 0 Å². The molecule has 13 heteroatoms. The van der Waals surface area contributed by atoms with Crippen molar-refractivity contribution in [2.45, 2.75) is 25.4 Å². The summed E-state index contributed by atoms with van der Waals surface area (Å²) in [5, 5.41) is 2.50. The number of anilines is 3. The minimum Gasteiger partial charge on any atom is -0.378 e. The number of halogens is 4. The quantitative estimate of drug-likeness (QED) is 0.465. The molecule has 0 unspecified atom stereocenters. The van der Waals surface area contributed by atoms with Crippen LogP contribution in [0.2, 0.25) is 0 Å². The van der Waals surface area contributed by atoms with Crippen LogP contribution in [0.3, 0.4) is 0 Å². The van der Waals surface area contributed by atoms with E-state index in [0.29, 0.717) is 50.1 Å². The van der Waals surface area contributed by atoms with E-state index < -0.39 is 34.6 Å². The van der Waals surface area contributed by atoms with E-state index in [1.165, 1.54) is 24.5 Å². The van der Waals surface area contributed by atoms with Crippen molar-refractivity contribution in [2.75, 3.05) is 54.5 Å². The number of pyridine rings is 1. The van der Waals surface area contributed by atoms with Gasteiger partial charge in [-0.1, -0.05) is 0 Å². The van der Waals surface area contributed by atoms with Gasteiger partial charge in [0.25, 0.3) is 5.91 Å². The number of amides is 1. The molecule has 2 fully saturated rings. The summed E-state index contributed by atoms with van der Waals surface area (Å²) >= 11 is 0. The number of morpholine rings is 1. The summed E-state index contributed by atoms with van der Waals surface area (Å²) in [4.78, 5) is 39.3. The van der Waals surface area contributed by atoms with E-state index in [2.05, 4.69) is 25.2 Å². The number of carbonyl (C=O) groups excluding carboxylic acids is 1. The van der Waals surface area contributed by atoms with E-state index in [4.69, 9.17) is 4.74 Å². The lowest BCUT2D eigenvalue weighted by molar-refractivity contribution is -0.138. The molecule has 2 aliphatic heterocycles. The van der Waals surface area contributed by atoms with Crippen molar-refractivity contribution in [2.24, 2.45) is 0 Å². The van der Waals surface area contributed by atoms with Gasteiger partial charge in [0.2, 0.25) is 11.5 Å². The van der Waals surface area contributed by atoms with Gasteiger partial charge in [-0.05, 0) is 31.4 Å². The van der Waals surface area contributed by atoms with Crippen LogP contribution in [0.4, 0.5) is 34.9 Å². The smallest absolute Gasteiger partial charge is 0.378 e. The Morgan fingerprint density at radius 2 is 1.67 bits per heavy atom. The second-order valence-corrected chi connectivity index (χ2v) is 9.34. The number of carbonyl (C=O) groups is 1. The lowest BCUT2D eigenvalue weighted by atomic mass is 10.0. The number of alkyl halides is 3. The van der Waals surface area contributed by atoms with Crippen LogP contribution in [-0.4, -0.2) is 60.3 Å². The second kappa shape index (κ2) is 11.0. The molecular formula is C26H26F4N6O3. The Bertz CT molecular complexity index is 1400. The van der Waals surface area contributed by atoms with Crippen LogP contribution in [0.25, 0.3) is 11.1 Å². The van der Waals surface area contributed by atoms with Crippen molar-refractivity contribution in [3.8, 4) is 11.1 Å². The minimum atomic E-state index is -4.94. The highest BCUT2D eigenvalue weighted by molar-refractivity contribution is 6.07. The molecule has 0 aliphatic carbocycles. The fourth-order valence-electron chi connectivity index (χ4n) is 4.75. The van der Waals surface area contributed by atoms with Gasteiger partial charge >= 0.3 is 6.18 Å². The highest BCUT2D eigenvalue weighted by Crippen LogP contribution is 2.36. The predicted molar refractivity (Wildman–Crippen MR) is 137 cm³/mol. The molecule has 0 atom stereocenters. The van der Waals surface area contributed by atoms with Crippen molar-refractivity contribution in [3.63, 3.8) is 0 Å². The van der Waals surface area contributed by atoms with E-state index in [9.17, 15) is 22.8 Å². The fraction of sp³-hybridized carbons (Fsp3) is 0.385. The first-order valence-electron chi connectivity index (χ1n) is 12.6. The predicted octanol–water partition coefficient (Wildman–Crippen LogP) is 4.07. The Morgan fingerprint density at radius 3 is 2.33 bits per heavy atom. The molecule has 0 bridgehead atoms. The summed E-state index contributed by atoms with van der Waals surface area (Å²) in [6.45, 7) is 3.18. The summed E-state index contributed by atoms with van der Waals surface area (Å²) in [7, 11) is 0. The zero-order valence-electron chi connectivity index (χ0n) is 20.9. The van der Waals surface area contributed by atoms with Crippen LogP contribution in [0.15, 0.2) is 41.6 Å². The Labute approximate surface area is 220 Å². The first kappa shape index (κ1) is 26.6. The highest BCUT2D eigenvalue weighted by Gasteiger charge is 2.36. The molecule has 2 N–H and O–H groups in total. The van der Waals surface area contributed by atoms with Gasteiger partial charge in [0.05, 0.1) is 35.7 Å². The molecule has 9 nitrogen and oxygen atoms in total. The summed E-state index contributed by atoms with van der Waals surface area (Å²) in [6, 6.07) is 2.91. The number of piperidine rings is 1. The van der Waals surface area contributed by atoms with Gasteiger partial charge < -0.3 is 24.8 Å². The van der Waals surface area contributed by atoms with Crippen LogP contribution in [0.5, 0.6) is 0 Å². The van der Waals surface area contributed by atoms with Crippen LogP contribution < -0.4 is 20.7 Å². The summed E-state index contributed by atoms with van der Waals surface area (Å²) in [6.07, 6.45) is 1.97. The lowest BCUT2D eigenvalue weighted by Crippen LogP contribution is -2.37. The third-order valence-electron chi connectivity index (χ3n) is 6.75. The molecular weight excluding hydrogens is 520 g/mol. The highest BCUT2D eigenvalue weighted by atomic mass is 19.4. The van der Waals surface area contributed by atoms with Gasteiger partial charge in [0.1, 0.15) is 5.82 Å². The maximum Gasteiger partial charge on any atom is 0.417 e. The third kappa shape index (κ3) is 5.87. The molecule has 5 rings (SSSR count). The zero-order chi connectivity index (χ0) is 27.6. The molecule has 0 saturated carbocycles. The van der Waals surface area contributed by atoms with Crippen molar-refractivity contribution in [1.82, 2.24) is 15.0 Å². The molecule has 2 aliphatic rings. The molecule has 0 spiro atoms. The number of H-pyrrole nitrogens is 1. The molecule has 4 heterocycles. The number of rotatable bonds is 5. The van der Waals surface area contributed by atoms with Gasteiger partial charge in [0.15, 0.2) is 0 Å². The number of hydrogen-bond donors (Lipinski definition) is 2. The molecule has 3 aromatic rings. The van der Waals surface area contributed by atoms with E-state index in [1.54, 1.807) is 4.90 Å². The molecule has 1 amide bonds. The summed E-state index contributed by atoms with van der Waals surface area (Å²) < 4.78 is 61.5. The topological polar surface area (TPSA) is 103 Å². The molecule has 2 aromatic heterocycles. The maximum atomic E-state index is 15.4. The van der Waals surface area contributed by atoms with Crippen molar-refractivity contribution in [1.29, 1.82) is 0 Å². The number of hydrogen-bond acceptors (Lipinski definition) is 7. The zero-order valence-corrected chi connectivity index (χ0v) is 20.9. The second-order valence-electron chi connectivity index (χ2n) is 9.34. The number of benzene rings is 1. The first-order chi connectivity index (χ1) is 18.7. The van der Waals surface area contributed by atoms with Crippen molar-refractivity contribution < 1.29 is 27.1 Å². The summed E-state index contributed by atoms with van der Waals surface area (Å²) in [5.74, 6) is -1.18. The largest absolute Gasteiger partial charge is 0.417 e. The summed E-state index contributed by atoms with van der Waals surface area (Å²) in [5.41, 5.74) is -2.34. The Balaban J connectivity index is 1.51. The average molecular weight is 547 g/mol. The van der Waals surface area contributed by atoms with E-state index in [-0.39, 0.29) is 16.9 Å². The van der Waals surface area contributed by atoms with Crippen LogP contribution in [0, 0.1) is 5.82 Å². The Kier molecular flexibility index (Phi) is 7.51. The normalized spacial score (nSPS) is 16.3. The van der Waals surface area contributed by atoms with E-state index >= 15 is 4.39 Å². The SMILES string of the molecule is O=C(Nc1cc(-c2cnc(N3CCCCC3)nc2)c(F)cc1N1CCOCC1)c1c[nH]c(=O)cc1C(F)(F)F. The number of aromatic amines is 1. The van der Waals surface area contributed by atoms with Crippen molar-refractivity contribution in [3.05, 3.63) is 64.1 Å². The Hall–Kier alpha value is -4.00. The fourth-order valence-corrected chi connectivity index (χ4v) is 4.75. The van der Waals surface area contributed by atoms with Crippen molar-refractivity contribution >= 4 is 23.2 Å². The molecule has 1 aromatic carbocycles. The van der Waals surface area contributed by atoms with E-state index in [0.717, 1.165) is 32.4 Å². The third-order valence-corrected chi connectivity index (χ3v) is 6.75. The Morgan fingerprint density at radius 1 is 0.974 bits per heavy atom. The molecule has 2 saturated heterocycles. The monoisotopic (exact) mass is 546 g/mol. The minimum absolute atomic E-state index is 0.0741. The van der Waals surface area contributed by atoms with Gasteiger partial charge in [-0.2, -0.15) is 13.2 Å². The number of nitrogens with zero attached hydrogens (tertiary/aromatic N) is 4. The van der Waals surface area contributed by atoms with Gasteiger partial charge in [-0.25, -0.2) is 14.4 Å². The standard InChI is InChI=1S/C26H26F4N6O3/c27-20-12-22(35-6-8-39-9-7-35)21(34-24(38)18-15-31-23(37)11-19(18)26(28,29)30)10-17(20)16-13-32-25(33-14-16)36-4-2-1-3-5-36/h10-15H,1-9H2,(H,31,37)(H,34,38). The van der Waals surface area contributed by atoms with Crippen LogP contribution in [-0.2, 0) is 10.9 Å². The maximum absolute atomic E-state index is 15.4. The number of nitrogens with one attached hydrogen (secondary N) is 2. The van der Waals surface area contributed by atoms with Crippen LogP contribution in [0.1, 0.15) is 35.2 Å². The van der Waals surface area contributed by atoms with Gasteiger partial charge in [0, 0.05) is 62.0 Å². The van der Waals surface area contributed by atoms with Gasteiger partial charge in [-0.3, -0.25) is 9.59 Å². The number of aromatic nitrogens is 3. The molecule has 39 heavy (non-hydrogen) atoms. The molecule has 206 valence electrons.